The molecule has 90 valence electrons. The second-order valence-corrected chi connectivity index (χ2v) is 5.52. The molecule has 0 aliphatic heterocycles. The molecule has 2 aromatic rings. The van der Waals surface area contributed by atoms with Gasteiger partial charge in [-0.2, -0.15) is 0 Å². The monoisotopic (exact) mass is 247 g/mol. The first-order valence-corrected chi connectivity index (χ1v) is 6.81. The number of benzene rings is 1. The molecule has 2 nitrogen and oxygen atoms in total. The molecule has 0 radical (unpaired) electrons. The summed E-state index contributed by atoms with van der Waals surface area (Å²) in [6, 6.07) is 10.1. The molecule has 0 aliphatic carbocycles. The Hall–Kier alpha value is -1.06. The first-order chi connectivity index (χ1) is 8.20. The number of hydrogen-bond acceptors (Lipinski definition) is 3. The van der Waals surface area contributed by atoms with E-state index in [1.165, 1.54) is 0 Å². The summed E-state index contributed by atoms with van der Waals surface area (Å²) in [4.78, 5) is 4.62. The predicted molar refractivity (Wildman–Crippen MR) is 73.2 cm³/mol. The van der Waals surface area contributed by atoms with Crippen molar-refractivity contribution < 1.29 is 5.11 Å². The molecule has 0 saturated carbocycles. The molecule has 1 heterocycles. The van der Waals surface area contributed by atoms with Crippen LogP contribution in [0.4, 0.5) is 0 Å². The van der Waals surface area contributed by atoms with Crippen LogP contribution in [-0.2, 0) is 6.61 Å². The highest BCUT2D eigenvalue weighted by molar-refractivity contribution is 7.99. The number of nitrogens with zero attached hydrogens (tertiary/aromatic N) is 1. The summed E-state index contributed by atoms with van der Waals surface area (Å²) < 4.78 is 0. The third kappa shape index (κ3) is 2.99. The highest BCUT2D eigenvalue weighted by atomic mass is 32.2. The van der Waals surface area contributed by atoms with Gasteiger partial charge in [0.15, 0.2) is 0 Å². The molecule has 0 bridgehead atoms. The Balaban J connectivity index is 2.38. The van der Waals surface area contributed by atoms with Gasteiger partial charge < -0.3 is 5.11 Å². The fraction of sp³-hybridized carbons (Fsp3) is 0.357. The standard InChI is InChI=1S/C14H17NOS/c1-10(2)9-17-14-12(8-16)7-11-5-3-4-6-13(11)15-14/h3-7,10,16H,8-9H2,1-2H3. The number of aliphatic hydroxyl groups is 1. The number of pyridine rings is 1. The fourth-order valence-corrected chi connectivity index (χ4v) is 2.59. The second-order valence-electron chi connectivity index (χ2n) is 4.51. The fourth-order valence-electron chi connectivity index (χ4n) is 1.63. The van der Waals surface area contributed by atoms with Crippen LogP contribution >= 0.6 is 11.8 Å². The molecule has 0 unspecified atom stereocenters. The summed E-state index contributed by atoms with van der Waals surface area (Å²) in [6.45, 7) is 4.43. The smallest absolute Gasteiger partial charge is 0.102 e. The lowest BCUT2D eigenvalue weighted by molar-refractivity contribution is 0.278. The molecular formula is C14H17NOS. The van der Waals surface area contributed by atoms with Crippen molar-refractivity contribution in [2.75, 3.05) is 5.75 Å². The Bertz CT molecular complexity index is 511. The molecule has 0 aliphatic rings. The molecule has 3 heteroatoms. The van der Waals surface area contributed by atoms with E-state index in [4.69, 9.17) is 0 Å². The van der Waals surface area contributed by atoms with Crippen LogP contribution in [0, 0.1) is 5.92 Å². The Labute approximate surface area is 106 Å². The normalized spacial score (nSPS) is 11.3. The summed E-state index contributed by atoms with van der Waals surface area (Å²) in [5, 5.41) is 11.4. The lowest BCUT2D eigenvalue weighted by Crippen LogP contribution is -1.96. The third-order valence-corrected chi connectivity index (χ3v) is 3.95. The molecule has 1 N–H and O–H groups in total. The molecule has 0 fully saturated rings. The Kier molecular flexibility index (Phi) is 4.02. The summed E-state index contributed by atoms with van der Waals surface area (Å²) >= 11 is 1.72. The Morgan fingerprint density at radius 1 is 1.29 bits per heavy atom. The zero-order valence-corrected chi connectivity index (χ0v) is 11.0. The molecule has 0 amide bonds. The van der Waals surface area contributed by atoms with E-state index < -0.39 is 0 Å². The van der Waals surface area contributed by atoms with Crippen LogP contribution in [0.2, 0.25) is 0 Å². The zero-order valence-electron chi connectivity index (χ0n) is 10.2. The first kappa shape index (κ1) is 12.4. The maximum absolute atomic E-state index is 9.39. The minimum Gasteiger partial charge on any atom is -0.392 e. The molecule has 17 heavy (non-hydrogen) atoms. The van der Waals surface area contributed by atoms with E-state index in [1.54, 1.807) is 11.8 Å². The Morgan fingerprint density at radius 2 is 2.06 bits per heavy atom. The van der Waals surface area contributed by atoms with E-state index in [2.05, 4.69) is 18.8 Å². The Morgan fingerprint density at radius 3 is 2.76 bits per heavy atom. The number of para-hydroxylation sites is 1. The summed E-state index contributed by atoms with van der Waals surface area (Å²) in [7, 11) is 0. The van der Waals surface area contributed by atoms with Crippen molar-refractivity contribution in [1.29, 1.82) is 0 Å². The average Bonchev–Trinajstić information content (AvgIpc) is 2.35. The third-order valence-electron chi connectivity index (χ3n) is 2.49. The second kappa shape index (κ2) is 5.52. The van der Waals surface area contributed by atoms with Gasteiger partial charge in [-0.3, -0.25) is 0 Å². The van der Waals surface area contributed by atoms with Gasteiger partial charge in [-0.15, -0.1) is 11.8 Å². The summed E-state index contributed by atoms with van der Waals surface area (Å²) in [6.07, 6.45) is 0. The van der Waals surface area contributed by atoms with Gasteiger partial charge in [0.25, 0.3) is 0 Å². The van der Waals surface area contributed by atoms with Crippen LogP contribution in [0.25, 0.3) is 10.9 Å². The van der Waals surface area contributed by atoms with E-state index in [0.29, 0.717) is 5.92 Å². The number of aliphatic hydroxyl groups excluding tert-OH is 1. The van der Waals surface area contributed by atoms with Gasteiger partial charge >= 0.3 is 0 Å². The van der Waals surface area contributed by atoms with Gasteiger partial charge in [0.05, 0.1) is 12.1 Å². The van der Waals surface area contributed by atoms with Crippen molar-refractivity contribution in [2.24, 2.45) is 5.92 Å². The van der Waals surface area contributed by atoms with Crippen LogP contribution in [0.1, 0.15) is 19.4 Å². The SMILES string of the molecule is CC(C)CSc1nc2ccccc2cc1CO. The molecule has 0 saturated heterocycles. The lowest BCUT2D eigenvalue weighted by Gasteiger charge is -2.09. The highest BCUT2D eigenvalue weighted by Gasteiger charge is 2.07. The van der Waals surface area contributed by atoms with E-state index in [1.807, 2.05) is 30.3 Å². The average molecular weight is 247 g/mol. The molecule has 0 spiro atoms. The maximum Gasteiger partial charge on any atom is 0.102 e. The van der Waals surface area contributed by atoms with Crippen molar-refractivity contribution in [3.8, 4) is 0 Å². The van der Waals surface area contributed by atoms with Crippen LogP contribution in [0.3, 0.4) is 0 Å². The number of rotatable bonds is 4. The van der Waals surface area contributed by atoms with Crippen LogP contribution in [0.5, 0.6) is 0 Å². The molecule has 0 atom stereocenters. The molecule has 1 aromatic heterocycles. The van der Waals surface area contributed by atoms with E-state index in [0.717, 1.165) is 27.2 Å². The van der Waals surface area contributed by atoms with E-state index >= 15 is 0 Å². The first-order valence-electron chi connectivity index (χ1n) is 5.83. The minimum atomic E-state index is 0.0538. The van der Waals surface area contributed by atoms with E-state index in [9.17, 15) is 5.11 Å². The number of hydrogen-bond donors (Lipinski definition) is 1. The quantitative estimate of drug-likeness (QED) is 0.840. The van der Waals surface area contributed by atoms with Gasteiger partial charge in [0.1, 0.15) is 5.03 Å². The number of aromatic nitrogens is 1. The van der Waals surface area contributed by atoms with Crippen LogP contribution < -0.4 is 0 Å². The molecular weight excluding hydrogens is 230 g/mol. The van der Waals surface area contributed by atoms with Crippen molar-refractivity contribution in [3.05, 3.63) is 35.9 Å². The van der Waals surface area contributed by atoms with Crippen molar-refractivity contribution in [2.45, 2.75) is 25.5 Å². The van der Waals surface area contributed by atoms with Crippen molar-refractivity contribution >= 4 is 22.7 Å². The summed E-state index contributed by atoms with van der Waals surface area (Å²) in [5.41, 5.74) is 1.92. The van der Waals surface area contributed by atoms with Gasteiger partial charge in [-0.25, -0.2) is 4.98 Å². The lowest BCUT2D eigenvalue weighted by atomic mass is 10.2. The van der Waals surface area contributed by atoms with E-state index in [-0.39, 0.29) is 6.61 Å². The number of fused-ring (bicyclic) bond motifs is 1. The molecule has 1 aromatic carbocycles. The minimum absolute atomic E-state index is 0.0538. The van der Waals surface area contributed by atoms with Gasteiger partial charge in [-0.05, 0) is 18.1 Å². The van der Waals surface area contributed by atoms with Crippen molar-refractivity contribution in [1.82, 2.24) is 4.98 Å². The maximum atomic E-state index is 9.39. The van der Waals surface area contributed by atoms with Crippen molar-refractivity contribution in [3.63, 3.8) is 0 Å². The van der Waals surface area contributed by atoms with Gasteiger partial charge in [-0.1, -0.05) is 32.0 Å². The summed E-state index contributed by atoms with van der Waals surface area (Å²) in [5.74, 6) is 1.65. The number of thioether (sulfide) groups is 1. The molecule has 2 rings (SSSR count). The predicted octanol–water partition coefficient (Wildman–Crippen LogP) is 3.48. The highest BCUT2D eigenvalue weighted by Crippen LogP contribution is 2.26. The van der Waals surface area contributed by atoms with Crippen LogP contribution in [0.15, 0.2) is 35.4 Å². The zero-order chi connectivity index (χ0) is 12.3. The largest absolute Gasteiger partial charge is 0.392 e. The topological polar surface area (TPSA) is 33.1 Å². The van der Waals surface area contributed by atoms with Crippen LogP contribution in [-0.4, -0.2) is 15.8 Å². The van der Waals surface area contributed by atoms with Gasteiger partial charge in [0.2, 0.25) is 0 Å². The van der Waals surface area contributed by atoms with Gasteiger partial charge in [0, 0.05) is 16.7 Å².